The smallest absolute Gasteiger partial charge is 0.251 e. The first kappa shape index (κ1) is 19.9. The van der Waals surface area contributed by atoms with Crippen LogP contribution in [0.25, 0.3) is 0 Å². The molecule has 1 unspecified atom stereocenters. The number of hydrogen-bond donors (Lipinski definition) is 1. The number of carbonyl (C=O) groups is 1. The van der Waals surface area contributed by atoms with Crippen LogP contribution in [-0.4, -0.2) is 27.1 Å². The van der Waals surface area contributed by atoms with E-state index < -0.39 is 10.0 Å². The van der Waals surface area contributed by atoms with E-state index in [1.807, 2.05) is 37.3 Å². The molecule has 0 aliphatic carbocycles. The summed E-state index contributed by atoms with van der Waals surface area (Å²) in [5.41, 5.74) is 3.19. The molecule has 0 fully saturated rings. The zero-order valence-electron chi connectivity index (χ0n) is 15.4. The highest BCUT2D eigenvalue weighted by atomic mass is 79.9. The van der Waals surface area contributed by atoms with Gasteiger partial charge in [-0.15, -0.1) is 0 Å². The molecule has 2 aromatic carbocycles. The van der Waals surface area contributed by atoms with E-state index >= 15 is 0 Å². The Morgan fingerprint density at radius 1 is 1.22 bits per heavy atom. The van der Waals surface area contributed by atoms with Crippen LogP contribution < -0.4 is 9.62 Å². The van der Waals surface area contributed by atoms with E-state index in [0.29, 0.717) is 17.8 Å². The van der Waals surface area contributed by atoms with E-state index in [0.717, 1.165) is 34.9 Å². The number of sulfonamides is 1. The van der Waals surface area contributed by atoms with Crippen molar-refractivity contribution in [2.24, 2.45) is 0 Å². The molecule has 2 aromatic rings. The van der Waals surface area contributed by atoms with Gasteiger partial charge >= 0.3 is 0 Å². The third-order valence-electron chi connectivity index (χ3n) is 4.80. The van der Waals surface area contributed by atoms with E-state index in [-0.39, 0.29) is 11.9 Å². The highest BCUT2D eigenvalue weighted by molar-refractivity contribution is 9.10. The van der Waals surface area contributed by atoms with E-state index in [4.69, 9.17) is 0 Å². The number of aryl methyl sites for hydroxylation is 1. The summed E-state index contributed by atoms with van der Waals surface area (Å²) in [7, 11) is -3.31. The second-order valence-corrected chi connectivity index (χ2v) is 9.59. The predicted octanol–water partition coefficient (Wildman–Crippen LogP) is 4.04. The number of fused-ring (bicyclic) bond motifs is 1. The van der Waals surface area contributed by atoms with E-state index in [9.17, 15) is 13.2 Å². The average molecular weight is 451 g/mol. The van der Waals surface area contributed by atoms with Gasteiger partial charge in [0.2, 0.25) is 10.0 Å². The van der Waals surface area contributed by atoms with Crippen LogP contribution in [0.5, 0.6) is 0 Å². The van der Waals surface area contributed by atoms with Crippen LogP contribution in [-0.2, 0) is 16.4 Å². The normalized spacial score (nSPS) is 15.1. The summed E-state index contributed by atoms with van der Waals surface area (Å²) >= 11 is 3.42. The second-order valence-electron chi connectivity index (χ2n) is 6.77. The molecule has 3 rings (SSSR count). The summed E-state index contributed by atoms with van der Waals surface area (Å²) in [6.45, 7) is 2.52. The monoisotopic (exact) mass is 450 g/mol. The summed E-state index contributed by atoms with van der Waals surface area (Å²) in [6, 6.07) is 13.1. The van der Waals surface area contributed by atoms with Crippen LogP contribution in [0.2, 0.25) is 0 Å². The molecule has 144 valence electrons. The van der Waals surface area contributed by atoms with Gasteiger partial charge in [-0.3, -0.25) is 9.10 Å². The maximum absolute atomic E-state index is 12.8. The number of carbonyl (C=O) groups excluding carboxylic acids is 1. The Labute approximate surface area is 169 Å². The van der Waals surface area contributed by atoms with Gasteiger partial charge < -0.3 is 5.32 Å². The fourth-order valence-electron chi connectivity index (χ4n) is 3.41. The molecule has 1 amide bonds. The number of halogens is 1. The van der Waals surface area contributed by atoms with Gasteiger partial charge in [-0.1, -0.05) is 35.0 Å². The standard InChI is InChI=1S/C20H23BrN2O3S/c1-3-18(14-6-9-17(21)10-7-14)22-20(24)16-8-11-19-15(13-16)5-4-12-23(19)27(2,25)26/h6-11,13,18H,3-5,12H2,1-2H3,(H,22,24). The van der Waals surface area contributed by atoms with E-state index in [1.165, 1.54) is 10.6 Å². The van der Waals surface area contributed by atoms with Crippen molar-refractivity contribution in [2.45, 2.75) is 32.2 Å². The minimum absolute atomic E-state index is 0.0749. The zero-order chi connectivity index (χ0) is 19.6. The maximum atomic E-state index is 12.8. The van der Waals surface area contributed by atoms with Gasteiger partial charge in [0.1, 0.15) is 0 Å². The van der Waals surface area contributed by atoms with Crippen LogP contribution in [0, 0.1) is 0 Å². The number of nitrogens with zero attached hydrogens (tertiary/aromatic N) is 1. The summed E-state index contributed by atoms with van der Waals surface area (Å²) < 4.78 is 26.4. The Balaban J connectivity index is 1.82. The van der Waals surface area contributed by atoms with Gasteiger partial charge in [-0.2, -0.15) is 0 Å². The highest BCUT2D eigenvalue weighted by Gasteiger charge is 2.25. The second kappa shape index (κ2) is 8.02. The molecule has 0 spiro atoms. The Kier molecular flexibility index (Phi) is 5.91. The first-order chi connectivity index (χ1) is 12.8. The van der Waals surface area contributed by atoms with Crippen molar-refractivity contribution in [3.63, 3.8) is 0 Å². The topological polar surface area (TPSA) is 66.5 Å². The van der Waals surface area contributed by atoms with Crippen LogP contribution in [0.1, 0.15) is 47.3 Å². The quantitative estimate of drug-likeness (QED) is 0.746. The lowest BCUT2D eigenvalue weighted by Gasteiger charge is -2.29. The average Bonchev–Trinajstić information content (AvgIpc) is 2.65. The molecule has 1 heterocycles. The molecular formula is C20H23BrN2O3S. The summed E-state index contributed by atoms with van der Waals surface area (Å²) in [5.74, 6) is -0.149. The summed E-state index contributed by atoms with van der Waals surface area (Å²) in [6.07, 6.45) is 3.51. The van der Waals surface area contributed by atoms with Crippen LogP contribution in [0.3, 0.4) is 0 Å². The molecule has 1 aliphatic rings. The molecule has 1 atom stereocenters. The van der Waals surface area contributed by atoms with Gasteiger partial charge in [0.05, 0.1) is 18.0 Å². The molecule has 0 aromatic heterocycles. The van der Waals surface area contributed by atoms with Crippen LogP contribution in [0.15, 0.2) is 46.9 Å². The zero-order valence-corrected chi connectivity index (χ0v) is 17.8. The Hall–Kier alpha value is -1.86. The molecule has 1 N–H and O–H groups in total. The lowest BCUT2D eigenvalue weighted by Crippen LogP contribution is -2.35. The third kappa shape index (κ3) is 4.52. The number of benzene rings is 2. The Bertz CT molecular complexity index is 942. The molecule has 0 bridgehead atoms. The summed E-state index contributed by atoms with van der Waals surface area (Å²) in [5, 5.41) is 3.08. The van der Waals surface area contributed by atoms with Crippen LogP contribution >= 0.6 is 15.9 Å². The lowest BCUT2D eigenvalue weighted by molar-refractivity contribution is 0.0935. The number of nitrogens with one attached hydrogen (secondary N) is 1. The van der Waals surface area contributed by atoms with Crippen LogP contribution in [0.4, 0.5) is 5.69 Å². The van der Waals surface area contributed by atoms with Crippen molar-refractivity contribution in [1.29, 1.82) is 0 Å². The number of rotatable bonds is 5. The molecule has 1 aliphatic heterocycles. The van der Waals surface area contributed by atoms with Gasteiger partial charge in [-0.25, -0.2) is 8.42 Å². The van der Waals surface area contributed by atoms with Crippen molar-refractivity contribution >= 4 is 37.5 Å². The number of amides is 1. The molecule has 0 saturated heterocycles. The van der Waals surface area contributed by atoms with Gasteiger partial charge in [0.25, 0.3) is 5.91 Å². The summed E-state index contributed by atoms with van der Waals surface area (Å²) in [4.78, 5) is 12.8. The largest absolute Gasteiger partial charge is 0.345 e. The molecule has 0 saturated carbocycles. The molecule has 27 heavy (non-hydrogen) atoms. The molecule has 7 heteroatoms. The van der Waals surface area contributed by atoms with Crippen molar-refractivity contribution in [3.05, 3.63) is 63.6 Å². The Morgan fingerprint density at radius 2 is 1.93 bits per heavy atom. The Morgan fingerprint density at radius 3 is 2.56 bits per heavy atom. The first-order valence-corrected chi connectivity index (χ1v) is 11.6. The molecule has 5 nitrogen and oxygen atoms in total. The van der Waals surface area contributed by atoms with Crippen molar-refractivity contribution in [3.8, 4) is 0 Å². The maximum Gasteiger partial charge on any atom is 0.251 e. The lowest BCUT2D eigenvalue weighted by atomic mass is 9.99. The number of hydrogen-bond acceptors (Lipinski definition) is 3. The van der Waals surface area contributed by atoms with Crippen molar-refractivity contribution < 1.29 is 13.2 Å². The third-order valence-corrected chi connectivity index (χ3v) is 6.51. The minimum atomic E-state index is -3.31. The van der Waals surface area contributed by atoms with Gasteiger partial charge in [0, 0.05) is 16.6 Å². The molecular weight excluding hydrogens is 428 g/mol. The van der Waals surface area contributed by atoms with Crippen molar-refractivity contribution in [2.75, 3.05) is 17.1 Å². The fraction of sp³-hybridized carbons (Fsp3) is 0.350. The minimum Gasteiger partial charge on any atom is -0.345 e. The predicted molar refractivity (Wildman–Crippen MR) is 112 cm³/mol. The van der Waals surface area contributed by atoms with Crippen molar-refractivity contribution in [1.82, 2.24) is 5.32 Å². The van der Waals surface area contributed by atoms with E-state index in [2.05, 4.69) is 21.2 Å². The fourth-order valence-corrected chi connectivity index (χ4v) is 4.67. The molecule has 0 radical (unpaired) electrons. The number of anilines is 1. The van der Waals surface area contributed by atoms with Gasteiger partial charge in [0.15, 0.2) is 0 Å². The highest BCUT2D eigenvalue weighted by Crippen LogP contribution is 2.30. The van der Waals surface area contributed by atoms with E-state index in [1.54, 1.807) is 12.1 Å². The van der Waals surface area contributed by atoms with Gasteiger partial charge in [-0.05, 0) is 60.7 Å². The SMILES string of the molecule is CCC(NC(=O)c1ccc2c(c1)CCCN2S(C)(=O)=O)c1ccc(Br)cc1. The first-order valence-electron chi connectivity index (χ1n) is 8.96.